The molecule has 1 saturated heterocycles. The molecule has 0 atom stereocenters. The molecular formula is C18H19ClN4O2S. The summed E-state index contributed by atoms with van der Waals surface area (Å²) in [5.41, 5.74) is 2.20. The summed E-state index contributed by atoms with van der Waals surface area (Å²) in [6.45, 7) is 5.24. The zero-order valence-corrected chi connectivity index (χ0v) is 16.0. The Labute approximate surface area is 160 Å². The van der Waals surface area contributed by atoms with Gasteiger partial charge in [0, 0.05) is 55.4 Å². The van der Waals surface area contributed by atoms with Gasteiger partial charge in [-0.05, 0) is 24.6 Å². The minimum absolute atomic E-state index is 0.170. The number of halogens is 1. The van der Waals surface area contributed by atoms with E-state index < -0.39 is 0 Å². The molecule has 2 aliphatic rings. The molecule has 26 heavy (non-hydrogen) atoms. The fourth-order valence-electron chi connectivity index (χ4n) is 3.41. The van der Waals surface area contributed by atoms with Crippen molar-refractivity contribution in [1.29, 1.82) is 0 Å². The number of anilines is 1. The fraction of sp³-hybridized carbons (Fsp3) is 0.389. The molecule has 0 saturated carbocycles. The highest BCUT2D eigenvalue weighted by Crippen LogP contribution is 2.26. The predicted octanol–water partition coefficient (Wildman–Crippen LogP) is 2.27. The lowest BCUT2D eigenvalue weighted by molar-refractivity contribution is 0.0743. The zero-order valence-electron chi connectivity index (χ0n) is 14.4. The number of carbonyl (C=O) groups excluding carboxylic acids is 1. The van der Waals surface area contributed by atoms with Gasteiger partial charge in [-0.1, -0.05) is 29.4 Å². The maximum absolute atomic E-state index is 12.8. The summed E-state index contributed by atoms with van der Waals surface area (Å²) >= 11 is 7.67. The number of piperazine rings is 1. The monoisotopic (exact) mass is 390 g/mol. The van der Waals surface area contributed by atoms with Crippen molar-refractivity contribution in [2.24, 2.45) is 0 Å². The Bertz CT molecular complexity index is 922. The number of fused-ring (bicyclic) bond motifs is 1. The number of hydrogen-bond donors (Lipinski definition) is 0. The van der Waals surface area contributed by atoms with E-state index in [4.69, 9.17) is 11.6 Å². The van der Waals surface area contributed by atoms with Crippen molar-refractivity contribution in [3.05, 3.63) is 50.9 Å². The largest absolute Gasteiger partial charge is 0.368 e. The third-order valence-corrected chi connectivity index (χ3v) is 6.07. The van der Waals surface area contributed by atoms with Gasteiger partial charge in [0.15, 0.2) is 5.16 Å². The molecule has 0 aliphatic carbocycles. The van der Waals surface area contributed by atoms with Crippen molar-refractivity contribution < 1.29 is 4.79 Å². The number of thioether (sulfide) groups is 1. The molecule has 3 heterocycles. The van der Waals surface area contributed by atoms with Crippen LogP contribution in [-0.4, -0.2) is 52.3 Å². The van der Waals surface area contributed by atoms with Crippen LogP contribution in [-0.2, 0) is 6.54 Å². The molecule has 0 N–H and O–H groups in total. The van der Waals surface area contributed by atoms with Gasteiger partial charge in [-0.2, -0.15) is 0 Å². The van der Waals surface area contributed by atoms with E-state index in [0.717, 1.165) is 17.0 Å². The molecule has 136 valence electrons. The van der Waals surface area contributed by atoms with Crippen molar-refractivity contribution in [1.82, 2.24) is 14.5 Å². The van der Waals surface area contributed by atoms with Crippen LogP contribution in [0.2, 0.25) is 5.02 Å². The number of nitrogens with zero attached hydrogens (tertiary/aromatic N) is 4. The molecule has 2 aliphatic heterocycles. The summed E-state index contributed by atoms with van der Waals surface area (Å²) in [5, 5.41) is 1.41. The van der Waals surface area contributed by atoms with E-state index in [1.54, 1.807) is 21.2 Å². The number of rotatable bonds is 2. The van der Waals surface area contributed by atoms with Gasteiger partial charge < -0.3 is 9.80 Å². The zero-order chi connectivity index (χ0) is 18.3. The third-order valence-electron chi connectivity index (χ3n) is 4.87. The number of amides is 1. The first-order valence-electron chi connectivity index (χ1n) is 8.57. The van der Waals surface area contributed by atoms with E-state index in [1.165, 1.54) is 6.20 Å². The molecule has 4 rings (SSSR count). The number of carbonyl (C=O) groups is 1. The second-order valence-electron chi connectivity index (χ2n) is 6.47. The van der Waals surface area contributed by atoms with Crippen LogP contribution >= 0.6 is 23.4 Å². The van der Waals surface area contributed by atoms with E-state index in [2.05, 4.69) is 16.8 Å². The highest BCUT2D eigenvalue weighted by atomic mass is 35.5. The molecule has 0 bridgehead atoms. The summed E-state index contributed by atoms with van der Waals surface area (Å²) in [4.78, 5) is 33.6. The SMILES string of the molecule is Cc1ccc(Cl)cc1N1CCN(C(=O)c2cnc3n(c2=O)CCS3)CC1. The van der Waals surface area contributed by atoms with Crippen molar-refractivity contribution in [3.8, 4) is 0 Å². The van der Waals surface area contributed by atoms with Crippen LogP contribution in [0.3, 0.4) is 0 Å². The van der Waals surface area contributed by atoms with Gasteiger partial charge in [-0.15, -0.1) is 0 Å². The Morgan fingerprint density at radius 2 is 1.96 bits per heavy atom. The van der Waals surface area contributed by atoms with Gasteiger partial charge >= 0.3 is 0 Å². The highest BCUT2D eigenvalue weighted by molar-refractivity contribution is 7.99. The Hall–Kier alpha value is -1.99. The van der Waals surface area contributed by atoms with Gasteiger partial charge in [0.2, 0.25) is 0 Å². The second kappa shape index (κ2) is 6.96. The highest BCUT2D eigenvalue weighted by Gasteiger charge is 2.27. The lowest BCUT2D eigenvalue weighted by Crippen LogP contribution is -2.50. The lowest BCUT2D eigenvalue weighted by Gasteiger charge is -2.36. The van der Waals surface area contributed by atoms with Crippen LogP contribution in [0.25, 0.3) is 0 Å². The Morgan fingerprint density at radius 1 is 1.19 bits per heavy atom. The topological polar surface area (TPSA) is 58.4 Å². The normalized spacial score (nSPS) is 16.7. The molecule has 0 unspecified atom stereocenters. The molecule has 1 fully saturated rings. The second-order valence-corrected chi connectivity index (χ2v) is 7.97. The van der Waals surface area contributed by atoms with Crippen LogP contribution in [0.5, 0.6) is 0 Å². The number of hydrogen-bond acceptors (Lipinski definition) is 5. The average Bonchev–Trinajstić information content (AvgIpc) is 3.13. The van der Waals surface area contributed by atoms with E-state index in [1.807, 2.05) is 18.2 Å². The predicted molar refractivity (Wildman–Crippen MR) is 104 cm³/mol. The minimum Gasteiger partial charge on any atom is -0.368 e. The van der Waals surface area contributed by atoms with Crippen LogP contribution in [0, 0.1) is 6.92 Å². The number of aromatic nitrogens is 2. The van der Waals surface area contributed by atoms with Gasteiger partial charge in [0.25, 0.3) is 11.5 Å². The third kappa shape index (κ3) is 3.10. The van der Waals surface area contributed by atoms with Gasteiger partial charge in [0.05, 0.1) is 0 Å². The summed E-state index contributed by atoms with van der Waals surface area (Å²) in [5.74, 6) is 0.606. The Morgan fingerprint density at radius 3 is 2.73 bits per heavy atom. The Balaban J connectivity index is 1.49. The first kappa shape index (κ1) is 17.4. The number of aryl methyl sites for hydroxylation is 1. The lowest BCUT2D eigenvalue weighted by atomic mass is 10.1. The van der Waals surface area contributed by atoms with Crippen LogP contribution in [0.15, 0.2) is 34.3 Å². The van der Waals surface area contributed by atoms with Gasteiger partial charge in [0.1, 0.15) is 5.56 Å². The van der Waals surface area contributed by atoms with E-state index >= 15 is 0 Å². The summed E-state index contributed by atoms with van der Waals surface area (Å²) in [6, 6.07) is 5.85. The van der Waals surface area contributed by atoms with E-state index in [9.17, 15) is 9.59 Å². The van der Waals surface area contributed by atoms with E-state index in [-0.39, 0.29) is 17.0 Å². The van der Waals surface area contributed by atoms with Crippen molar-refractivity contribution in [2.75, 3.05) is 36.8 Å². The molecule has 2 aromatic rings. The van der Waals surface area contributed by atoms with E-state index in [0.29, 0.717) is 42.9 Å². The van der Waals surface area contributed by atoms with Crippen LogP contribution in [0.1, 0.15) is 15.9 Å². The molecule has 0 spiro atoms. The first-order valence-corrected chi connectivity index (χ1v) is 9.94. The molecule has 1 aromatic heterocycles. The van der Waals surface area contributed by atoms with Crippen LogP contribution in [0.4, 0.5) is 5.69 Å². The maximum atomic E-state index is 12.8. The quantitative estimate of drug-likeness (QED) is 0.736. The summed E-state index contributed by atoms with van der Waals surface area (Å²) in [7, 11) is 0. The molecule has 1 aromatic carbocycles. The smallest absolute Gasteiger partial charge is 0.267 e. The molecule has 0 radical (unpaired) electrons. The first-order chi connectivity index (χ1) is 12.5. The standard InChI is InChI=1S/C18H19ClN4O2S/c1-12-2-3-13(19)10-15(12)21-4-6-22(7-5-21)16(24)14-11-20-18-23(17(14)25)8-9-26-18/h2-3,10-11H,4-9H2,1H3. The molecular weight excluding hydrogens is 372 g/mol. The average molecular weight is 391 g/mol. The number of benzene rings is 1. The van der Waals surface area contributed by atoms with Gasteiger partial charge in [-0.25, -0.2) is 4.98 Å². The van der Waals surface area contributed by atoms with Crippen molar-refractivity contribution in [3.63, 3.8) is 0 Å². The summed E-state index contributed by atoms with van der Waals surface area (Å²) < 4.78 is 1.60. The molecule has 8 heteroatoms. The maximum Gasteiger partial charge on any atom is 0.267 e. The van der Waals surface area contributed by atoms with Crippen LogP contribution < -0.4 is 10.5 Å². The van der Waals surface area contributed by atoms with Gasteiger partial charge in [-0.3, -0.25) is 14.2 Å². The minimum atomic E-state index is -0.225. The van der Waals surface area contributed by atoms with Crippen molar-refractivity contribution >= 4 is 35.0 Å². The molecule has 1 amide bonds. The summed E-state index contributed by atoms with van der Waals surface area (Å²) in [6.07, 6.45) is 1.43. The fourth-order valence-corrected chi connectivity index (χ4v) is 4.49. The Kier molecular flexibility index (Phi) is 4.67. The molecule has 6 nitrogen and oxygen atoms in total. The van der Waals surface area contributed by atoms with Crippen molar-refractivity contribution in [2.45, 2.75) is 18.6 Å².